The second kappa shape index (κ2) is 6.04. The summed E-state index contributed by atoms with van der Waals surface area (Å²) in [5, 5.41) is 7.05. The molecule has 1 fully saturated rings. The van der Waals surface area contributed by atoms with Crippen LogP contribution >= 0.6 is 0 Å². The lowest BCUT2D eigenvalue weighted by atomic mass is 10.3. The van der Waals surface area contributed by atoms with Crippen LogP contribution in [0.5, 0.6) is 0 Å². The molecule has 2 aromatic heterocycles. The number of rotatable bonds is 4. The van der Waals surface area contributed by atoms with Crippen molar-refractivity contribution in [2.24, 2.45) is 0 Å². The Kier molecular flexibility index (Phi) is 4.08. The third-order valence-electron chi connectivity index (χ3n) is 3.61. The molecule has 0 aliphatic carbocycles. The quantitative estimate of drug-likeness (QED) is 0.860. The zero-order valence-electron chi connectivity index (χ0n) is 12.6. The van der Waals surface area contributed by atoms with Gasteiger partial charge in [0.15, 0.2) is 9.84 Å². The van der Waals surface area contributed by atoms with Crippen molar-refractivity contribution in [2.75, 3.05) is 16.8 Å². The van der Waals surface area contributed by atoms with E-state index in [4.69, 9.17) is 4.42 Å². The molecule has 7 nitrogen and oxygen atoms in total. The Hall–Kier alpha value is -2.35. The largest absolute Gasteiger partial charge is 0.465 e. The fourth-order valence-electron chi connectivity index (χ4n) is 2.57. The van der Waals surface area contributed by atoms with E-state index in [-0.39, 0.29) is 23.5 Å². The monoisotopic (exact) mass is 335 g/mol. The number of aryl methyl sites for hydroxylation is 1. The van der Waals surface area contributed by atoms with E-state index in [1.54, 1.807) is 35.9 Å². The molecule has 1 aliphatic heterocycles. The molecule has 0 spiro atoms. The maximum absolute atomic E-state index is 12.0. The molecule has 122 valence electrons. The van der Waals surface area contributed by atoms with Crippen LogP contribution < -0.4 is 5.32 Å². The van der Waals surface area contributed by atoms with Crippen molar-refractivity contribution in [3.8, 4) is 0 Å². The van der Waals surface area contributed by atoms with E-state index in [1.807, 2.05) is 0 Å². The van der Waals surface area contributed by atoms with Crippen molar-refractivity contribution >= 4 is 27.6 Å². The van der Waals surface area contributed by atoms with Crippen LogP contribution in [-0.2, 0) is 14.6 Å². The Morgan fingerprint density at radius 3 is 3.00 bits per heavy atom. The highest BCUT2D eigenvalue weighted by molar-refractivity contribution is 7.91. The number of anilines is 1. The van der Waals surface area contributed by atoms with Crippen LogP contribution in [0, 0.1) is 6.92 Å². The number of hydrogen-bond acceptors (Lipinski definition) is 5. The summed E-state index contributed by atoms with van der Waals surface area (Å²) in [6.07, 6.45) is 4.95. The van der Waals surface area contributed by atoms with Crippen LogP contribution in [0.25, 0.3) is 6.08 Å². The minimum absolute atomic E-state index is 0.0548. The van der Waals surface area contributed by atoms with Gasteiger partial charge in [0.1, 0.15) is 11.6 Å². The molecule has 1 atom stereocenters. The van der Waals surface area contributed by atoms with E-state index < -0.39 is 9.84 Å². The molecule has 1 amide bonds. The van der Waals surface area contributed by atoms with Crippen LogP contribution in [0.15, 0.2) is 35.0 Å². The molecule has 3 heterocycles. The molecule has 8 heteroatoms. The molecule has 1 N–H and O–H groups in total. The van der Waals surface area contributed by atoms with Gasteiger partial charge >= 0.3 is 0 Å². The van der Waals surface area contributed by atoms with Gasteiger partial charge in [0.2, 0.25) is 5.91 Å². The summed E-state index contributed by atoms with van der Waals surface area (Å²) >= 11 is 0. The van der Waals surface area contributed by atoms with E-state index in [0.29, 0.717) is 18.0 Å². The molecule has 0 aromatic carbocycles. The average molecular weight is 335 g/mol. The van der Waals surface area contributed by atoms with Gasteiger partial charge in [0, 0.05) is 12.1 Å². The summed E-state index contributed by atoms with van der Waals surface area (Å²) in [5.74, 6) is 0.954. The number of carbonyl (C=O) groups excluding carboxylic acids is 1. The smallest absolute Gasteiger partial charge is 0.249 e. The molecule has 2 aromatic rings. The van der Waals surface area contributed by atoms with Gasteiger partial charge in [-0.2, -0.15) is 5.10 Å². The molecule has 3 rings (SSSR count). The van der Waals surface area contributed by atoms with Crippen molar-refractivity contribution in [1.29, 1.82) is 0 Å². The second-order valence-electron chi connectivity index (χ2n) is 5.51. The third-order valence-corrected chi connectivity index (χ3v) is 5.36. The number of carbonyl (C=O) groups is 1. The van der Waals surface area contributed by atoms with Gasteiger partial charge in [0.25, 0.3) is 0 Å². The number of amides is 1. The van der Waals surface area contributed by atoms with Crippen LogP contribution in [0.4, 0.5) is 5.82 Å². The molecule has 0 bridgehead atoms. The molecule has 1 unspecified atom stereocenters. The zero-order valence-corrected chi connectivity index (χ0v) is 13.4. The first-order valence-electron chi connectivity index (χ1n) is 7.22. The Bertz CT molecular complexity index is 834. The SMILES string of the molecule is Cc1cc(NC(=O)/C=C/c2ccco2)n(C2CCS(=O)(=O)C2)n1. The molecule has 0 radical (unpaired) electrons. The predicted octanol–water partition coefficient (Wildman–Crippen LogP) is 1.80. The first-order chi connectivity index (χ1) is 10.9. The summed E-state index contributed by atoms with van der Waals surface area (Å²) in [6, 6.07) is 4.96. The predicted molar refractivity (Wildman–Crippen MR) is 85.6 cm³/mol. The third kappa shape index (κ3) is 3.70. The minimum atomic E-state index is -3.02. The van der Waals surface area contributed by atoms with Crippen molar-refractivity contribution in [3.05, 3.63) is 42.0 Å². The Balaban J connectivity index is 1.74. The van der Waals surface area contributed by atoms with E-state index in [2.05, 4.69) is 10.4 Å². The van der Waals surface area contributed by atoms with Gasteiger partial charge in [-0.15, -0.1) is 0 Å². The fraction of sp³-hybridized carbons (Fsp3) is 0.333. The standard InChI is InChI=1S/C15H17N3O4S/c1-11-9-14(16-15(19)5-4-13-3-2-7-22-13)18(17-11)12-6-8-23(20,21)10-12/h2-5,7,9,12H,6,8,10H2,1H3,(H,16,19)/b5-4+. The molecule has 1 saturated heterocycles. The summed E-state index contributed by atoms with van der Waals surface area (Å²) in [6.45, 7) is 1.80. The van der Waals surface area contributed by atoms with Crippen LogP contribution in [-0.4, -0.2) is 35.6 Å². The summed E-state index contributed by atoms with van der Waals surface area (Å²) in [4.78, 5) is 12.0. The highest BCUT2D eigenvalue weighted by Gasteiger charge is 2.31. The Morgan fingerprint density at radius 1 is 1.52 bits per heavy atom. The van der Waals surface area contributed by atoms with Crippen LogP contribution in [0.1, 0.15) is 23.9 Å². The van der Waals surface area contributed by atoms with E-state index in [0.717, 1.165) is 5.69 Å². The first-order valence-corrected chi connectivity index (χ1v) is 9.04. The van der Waals surface area contributed by atoms with Gasteiger partial charge in [-0.3, -0.25) is 4.79 Å². The van der Waals surface area contributed by atoms with Crippen molar-refractivity contribution in [3.63, 3.8) is 0 Å². The maximum atomic E-state index is 12.0. The Morgan fingerprint density at radius 2 is 2.35 bits per heavy atom. The average Bonchev–Trinajstić information content (AvgIpc) is 3.17. The van der Waals surface area contributed by atoms with E-state index in [9.17, 15) is 13.2 Å². The topological polar surface area (TPSA) is 94.2 Å². The zero-order chi connectivity index (χ0) is 16.4. The van der Waals surface area contributed by atoms with Gasteiger partial charge in [-0.1, -0.05) is 0 Å². The second-order valence-corrected chi connectivity index (χ2v) is 7.74. The van der Waals surface area contributed by atoms with Gasteiger partial charge in [0.05, 0.1) is 29.5 Å². The number of sulfone groups is 1. The number of nitrogens with zero attached hydrogens (tertiary/aromatic N) is 2. The van der Waals surface area contributed by atoms with Gasteiger partial charge < -0.3 is 9.73 Å². The van der Waals surface area contributed by atoms with Crippen LogP contribution in [0.2, 0.25) is 0 Å². The normalized spacial score (nSPS) is 20.1. The highest BCUT2D eigenvalue weighted by Crippen LogP contribution is 2.27. The Labute approximate surface area is 133 Å². The lowest BCUT2D eigenvalue weighted by Gasteiger charge is -2.13. The lowest BCUT2D eigenvalue weighted by molar-refractivity contribution is -0.111. The summed E-state index contributed by atoms with van der Waals surface area (Å²) < 4.78 is 30.0. The van der Waals surface area contributed by atoms with Gasteiger partial charge in [-0.25, -0.2) is 13.1 Å². The summed E-state index contributed by atoms with van der Waals surface area (Å²) in [7, 11) is -3.02. The number of aromatic nitrogens is 2. The lowest BCUT2D eigenvalue weighted by Crippen LogP contribution is -2.18. The van der Waals surface area contributed by atoms with Gasteiger partial charge in [-0.05, 0) is 31.6 Å². The van der Waals surface area contributed by atoms with Crippen molar-refractivity contribution in [2.45, 2.75) is 19.4 Å². The fourth-order valence-corrected chi connectivity index (χ4v) is 4.26. The van der Waals surface area contributed by atoms with E-state index >= 15 is 0 Å². The van der Waals surface area contributed by atoms with Crippen molar-refractivity contribution in [1.82, 2.24) is 9.78 Å². The minimum Gasteiger partial charge on any atom is -0.465 e. The first kappa shape index (κ1) is 15.5. The van der Waals surface area contributed by atoms with Crippen molar-refractivity contribution < 1.29 is 17.6 Å². The molecule has 23 heavy (non-hydrogen) atoms. The summed E-state index contributed by atoms with van der Waals surface area (Å²) in [5.41, 5.74) is 0.722. The number of nitrogens with one attached hydrogen (secondary N) is 1. The highest BCUT2D eigenvalue weighted by atomic mass is 32.2. The number of hydrogen-bond donors (Lipinski definition) is 1. The maximum Gasteiger partial charge on any atom is 0.249 e. The molecular weight excluding hydrogens is 318 g/mol. The molecular formula is C15H17N3O4S. The molecule has 0 saturated carbocycles. The molecule has 1 aliphatic rings. The number of furan rings is 1. The van der Waals surface area contributed by atoms with Crippen LogP contribution in [0.3, 0.4) is 0 Å². The van der Waals surface area contributed by atoms with E-state index in [1.165, 1.54) is 12.3 Å².